The number of halogens is 1. The highest BCUT2D eigenvalue weighted by Gasteiger charge is 2.40. The Labute approximate surface area is 772 Å². The molecule has 0 saturated heterocycles. The molecule has 4 aromatic rings. The molecule has 8 amide bonds. The van der Waals surface area contributed by atoms with E-state index < -0.39 is 159 Å². The Hall–Kier alpha value is -8.78. The number of hydrogen-bond donors (Lipinski definition) is 8. The maximum atomic E-state index is 14.5. The van der Waals surface area contributed by atoms with Crippen LogP contribution in [-0.4, -0.2) is 253 Å². The number of ketones is 1. The summed E-state index contributed by atoms with van der Waals surface area (Å²) in [7, 11) is -11.4. The number of alkyl carbamates (subject to hydrolysis) is 1. The van der Waals surface area contributed by atoms with Crippen molar-refractivity contribution in [1.29, 1.82) is 0 Å². The van der Waals surface area contributed by atoms with E-state index in [9.17, 15) is 80.1 Å². The maximum Gasteiger partial charge on any atom is 0.481 e. The summed E-state index contributed by atoms with van der Waals surface area (Å²) in [5, 5.41) is 16.5. The van der Waals surface area contributed by atoms with Gasteiger partial charge in [-0.15, -0.1) is 11.8 Å². The van der Waals surface area contributed by atoms with Gasteiger partial charge < -0.3 is 84.6 Å². The molecule has 1 aliphatic rings. The lowest BCUT2D eigenvalue weighted by atomic mass is 9.90. The molecule has 0 spiro atoms. The highest BCUT2D eigenvalue weighted by Crippen LogP contribution is 2.60. The molecular formula is C90H131ClN8O27P2S2. The van der Waals surface area contributed by atoms with Crippen LogP contribution >= 0.6 is 39.0 Å². The average molecular weight is 1920 g/mol. The second kappa shape index (κ2) is 57.6. The van der Waals surface area contributed by atoms with E-state index in [0.29, 0.717) is 33.7 Å². The second-order valence-corrected chi connectivity index (χ2v) is 38.9. The molecule has 0 aromatic heterocycles. The lowest BCUT2D eigenvalue weighted by Crippen LogP contribution is -2.57. The molecule has 1 aliphatic heterocycles. The van der Waals surface area contributed by atoms with Crippen LogP contribution in [0.4, 0.5) is 4.79 Å². The number of Topliss-reactive ketones (excluding diaryl/α,β-unsaturated/α-hetero) is 1. The Bertz CT molecular complexity index is 4610. The normalized spacial score (nSPS) is 20.8. The molecular weight excluding hydrogens is 1790 g/mol. The van der Waals surface area contributed by atoms with E-state index in [1.165, 1.54) is 77.0 Å². The predicted octanol–water partition coefficient (Wildman–Crippen LogP) is 10.5. The molecule has 35 nitrogen and oxygen atoms in total. The number of nitrogens with zero attached hydrogens (tertiary/aromatic N) is 2. The molecule has 0 radical (unpaired) electrons. The first-order chi connectivity index (χ1) is 61.5. The number of sulfone groups is 1. The van der Waals surface area contributed by atoms with Gasteiger partial charge in [0.05, 0.1) is 83.3 Å². The number of thioether (sulfide) groups is 1. The molecule has 722 valence electrons. The van der Waals surface area contributed by atoms with E-state index in [4.69, 9.17) is 53.8 Å². The van der Waals surface area contributed by atoms with Gasteiger partial charge in [-0.1, -0.05) is 124 Å². The molecule has 0 saturated carbocycles. The van der Waals surface area contributed by atoms with E-state index in [2.05, 4.69) is 36.2 Å². The number of phosphoric acid groups is 2. The largest absolute Gasteiger partial charge is 0.481 e. The lowest BCUT2D eigenvalue weighted by Gasteiger charge is -2.33. The molecule has 4 unspecified atom stereocenters. The van der Waals surface area contributed by atoms with Crippen LogP contribution in [0, 0.1) is 37.5 Å². The number of unbranched alkanes of at least 4 members (excludes halogenated alkanes) is 2. The second-order valence-electron chi connectivity index (χ2n) is 32.3. The van der Waals surface area contributed by atoms with Crippen LogP contribution in [0.15, 0.2) is 130 Å². The third-order valence-corrected chi connectivity index (χ3v) is 26.9. The maximum absolute atomic E-state index is 14.5. The fourth-order valence-corrected chi connectivity index (χ4v) is 18.0. The lowest BCUT2D eigenvalue weighted by molar-refractivity contribution is -0.155. The highest BCUT2D eigenvalue weighted by molar-refractivity contribution is 7.99. The van der Waals surface area contributed by atoms with Gasteiger partial charge in [-0.05, 0) is 165 Å². The summed E-state index contributed by atoms with van der Waals surface area (Å²) in [6.45, 7) is 20.8. The standard InChI is InChI=1S/C90H131ClN8O27P2S2/c1-15-62(7)80-85(105)96-67(12)89(109)125-82(63(8)16-2)65(10)76(23-20-22-64(9)88(108)123-77(54-59(3)4)84(104)95-66(11)86(106)99(14)75(55-68-28-34-72(91)35-29-68)87(107)98(13)56-79(101)97-80)124-90(110)94-41-18-17-19-44-121-127(111,112)126-128(113,114)122-45-21-42-92-78(100)40-46-117-48-50-119-52-53-120-51-49-118-47-43-93-83(103)70-32-30-69(31-33-70)81(102)71(57-129-73-36-24-60(5)25-37-73)58-130(115,116)74-38-26-61(6)27-39-74/h16,22,24-39,59,62,65-67,71,75-77,80,82H,15,17-21,23,40-58H2,1-14H3,(H,92,100)(H,93,103)(H,94,110)(H,95,104)(H,96,105)(H,97,101)(H,111,112)(H,113,114)/b63-16+,64-22+/t62?,65-,66-,67+,71?,75+,76-,77+,80-,82+/m0/s1. The fraction of sp³-hybridized carbons (Fsp3) is 0.567. The number of benzene rings is 4. The quantitative estimate of drug-likeness (QED) is 0.00387. The number of carbonyl (C=O) groups excluding carboxylic acids is 11. The fourth-order valence-electron chi connectivity index (χ4n) is 13.1. The summed E-state index contributed by atoms with van der Waals surface area (Å²) < 4.78 is 106. The summed E-state index contributed by atoms with van der Waals surface area (Å²) in [5.41, 5.74) is 3.81. The van der Waals surface area contributed by atoms with Gasteiger partial charge in [0.15, 0.2) is 21.7 Å². The Morgan fingerprint density at radius 3 is 1.84 bits per heavy atom. The number of aryl methyl sites for hydroxylation is 2. The van der Waals surface area contributed by atoms with Gasteiger partial charge >= 0.3 is 33.7 Å². The van der Waals surface area contributed by atoms with Gasteiger partial charge in [-0.3, -0.25) is 47.4 Å². The first-order valence-electron chi connectivity index (χ1n) is 43.5. The summed E-state index contributed by atoms with van der Waals surface area (Å²) in [5.74, 6) is -8.99. The van der Waals surface area contributed by atoms with Crippen molar-refractivity contribution in [3.63, 3.8) is 0 Å². The zero-order valence-electron chi connectivity index (χ0n) is 76.7. The monoisotopic (exact) mass is 1920 g/mol. The van der Waals surface area contributed by atoms with Crippen LogP contribution in [0.5, 0.6) is 0 Å². The first-order valence-corrected chi connectivity index (χ1v) is 49.5. The van der Waals surface area contributed by atoms with E-state index >= 15 is 0 Å². The number of amides is 8. The number of hydrogen-bond acceptors (Lipinski definition) is 26. The van der Waals surface area contributed by atoms with Crippen LogP contribution in [0.1, 0.15) is 164 Å². The van der Waals surface area contributed by atoms with Crippen LogP contribution in [0.25, 0.3) is 0 Å². The van der Waals surface area contributed by atoms with E-state index in [1.807, 2.05) is 52.0 Å². The predicted molar refractivity (Wildman–Crippen MR) is 489 cm³/mol. The molecule has 8 N–H and O–H groups in total. The SMILES string of the molecule is C/C=C(\C)[C@H]1OC(=O)[C@@H](C)NC(=O)[C@H](C(C)CC)NC(=O)CN(C)C(=O)[C@@H](Cc2ccc(Cl)cc2)N(C)C(=O)[C@H](C)NC(=O)[C@@H](CC(C)C)OC(=O)/C(C)=C/CC[C@H](OC(=O)NCCCCCOP(=O)(O)OP(=O)(O)OCCCNC(=O)CCOCCOCCOCCOCCNC(=O)c2ccc(C(=O)C(CSc3ccc(C)cc3)CS(=O)(=O)c3ccc(C)cc3)cc2)[C@@H]1C. The third-order valence-electron chi connectivity index (χ3n) is 21.0. The van der Waals surface area contributed by atoms with Crippen LogP contribution in [0.2, 0.25) is 5.02 Å². The number of carbonyl (C=O) groups is 11. The zero-order chi connectivity index (χ0) is 96.3. The number of phosphoric ester groups is 2. The average Bonchev–Trinajstić information content (AvgIpc) is 0.835. The summed E-state index contributed by atoms with van der Waals surface area (Å²) in [4.78, 5) is 175. The van der Waals surface area contributed by atoms with Gasteiger partial charge in [0.2, 0.25) is 29.5 Å². The van der Waals surface area contributed by atoms with Crippen LogP contribution in [0.3, 0.4) is 0 Å². The van der Waals surface area contributed by atoms with Gasteiger partial charge in [-0.2, -0.15) is 4.31 Å². The van der Waals surface area contributed by atoms with E-state index in [1.54, 1.807) is 89.2 Å². The Morgan fingerprint density at radius 2 is 1.24 bits per heavy atom. The van der Waals surface area contributed by atoms with Crippen molar-refractivity contribution in [2.45, 2.75) is 200 Å². The molecule has 0 bridgehead atoms. The van der Waals surface area contributed by atoms with E-state index in [-0.39, 0.29) is 170 Å². The molecule has 40 heteroatoms. The number of ether oxygens (including phenoxy) is 7. The minimum absolute atomic E-state index is 0.00587. The van der Waals surface area contributed by atoms with Crippen LogP contribution in [-0.2, 0) is 110 Å². The number of esters is 2. The van der Waals surface area contributed by atoms with Crippen molar-refractivity contribution >= 4 is 114 Å². The van der Waals surface area contributed by atoms with Crippen molar-refractivity contribution in [2.24, 2.45) is 23.7 Å². The Kier molecular flexibility index (Phi) is 49.5. The molecule has 4 aromatic carbocycles. The third kappa shape index (κ3) is 41.2. The smallest absolute Gasteiger partial charge is 0.456 e. The summed E-state index contributed by atoms with van der Waals surface area (Å²) >= 11 is 7.59. The number of allylic oxidation sites excluding steroid dienone is 2. The van der Waals surface area contributed by atoms with Gasteiger partial charge in [0, 0.05) is 90.8 Å². The first kappa shape index (κ1) is 112. The summed E-state index contributed by atoms with van der Waals surface area (Å²) in [6.07, 6.45) is -0.0547. The van der Waals surface area contributed by atoms with Crippen molar-refractivity contribution in [2.75, 3.05) is 118 Å². The minimum atomic E-state index is -5.15. The topological polar surface area (TPSA) is 467 Å². The van der Waals surface area contributed by atoms with Gasteiger partial charge in [0.1, 0.15) is 36.4 Å². The highest BCUT2D eigenvalue weighted by atomic mass is 35.5. The Morgan fingerprint density at radius 1 is 0.669 bits per heavy atom. The molecule has 5 rings (SSSR count). The van der Waals surface area contributed by atoms with E-state index in [0.717, 1.165) is 25.8 Å². The van der Waals surface area contributed by atoms with Crippen molar-refractivity contribution in [3.8, 4) is 0 Å². The molecule has 0 aliphatic carbocycles. The van der Waals surface area contributed by atoms with Crippen molar-refractivity contribution in [3.05, 3.63) is 153 Å². The van der Waals surface area contributed by atoms with Crippen molar-refractivity contribution in [1.82, 2.24) is 41.7 Å². The van der Waals surface area contributed by atoms with Crippen LogP contribution < -0.4 is 31.9 Å². The molecule has 130 heavy (non-hydrogen) atoms. The zero-order valence-corrected chi connectivity index (χ0v) is 80.9. The number of nitrogens with one attached hydrogen (secondary N) is 6. The molecule has 12 atom stereocenters. The Balaban J connectivity index is 0.995. The number of likely N-dealkylation sites (N-methyl/N-ethyl adjacent to an activating group) is 2. The number of rotatable bonds is 46. The number of cyclic esters (lactones) is 2. The van der Waals surface area contributed by atoms with Gasteiger partial charge in [0.25, 0.3) is 11.8 Å². The summed E-state index contributed by atoms with van der Waals surface area (Å²) in [6, 6.07) is 22.0. The molecule has 0 fully saturated rings. The van der Waals surface area contributed by atoms with Crippen molar-refractivity contribution < 1.29 is 127 Å². The molecule has 1 heterocycles. The minimum Gasteiger partial charge on any atom is -0.456 e. The van der Waals surface area contributed by atoms with Gasteiger partial charge in [-0.25, -0.2) is 31.9 Å².